The number of aromatic nitrogens is 1. The Kier molecular flexibility index (Phi) is 6.38. The van der Waals surface area contributed by atoms with E-state index in [2.05, 4.69) is 10.5 Å². The van der Waals surface area contributed by atoms with Crippen LogP contribution in [-0.4, -0.2) is 35.6 Å². The van der Waals surface area contributed by atoms with Gasteiger partial charge in [-0.25, -0.2) is 0 Å². The lowest BCUT2D eigenvalue weighted by molar-refractivity contribution is 0.104. The molecule has 23 heavy (non-hydrogen) atoms. The summed E-state index contributed by atoms with van der Waals surface area (Å²) in [6, 6.07) is 9.88. The van der Waals surface area contributed by atoms with Gasteiger partial charge in [0.15, 0.2) is 5.76 Å². The van der Waals surface area contributed by atoms with Gasteiger partial charge in [-0.15, -0.1) is 0 Å². The van der Waals surface area contributed by atoms with Crippen LogP contribution in [0.3, 0.4) is 0 Å². The smallest absolute Gasteiger partial charge is 0.159 e. The summed E-state index contributed by atoms with van der Waals surface area (Å²) < 4.78 is 10.9. The third-order valence-electron chi connectivity index (χ3n) is 3.19. The van der Waals surface area contributed by atoms with Gasteiger partial charge in [0.2, 0.25) is 0 Å². The fourth-order valence-corrected chi connectivity index (χ4v) is 2.00. The second-order valence-electron chi connectivity index (χ2n) is 5.77. The van der Waals surface area contributed by atoms with Gasteiger partial charge in [0.25, 0.3) is 0 Å². The molecule has 0 aliphatic heterocycles. The molecule has 2 N–H and O–H groups in total. The van der Waals surface area contributed by atoms with E-state index in [1.807, 2.05) is 63.3 Å². The van der Waals surface area contributed by atoms with Gasteiger partial charge in [0.1, 0.15) is 18.5 Å². The number of aryl methyl sites for hydroxylation is 1. The van der Waals surface area contributed by atoms with Crippen molar-refractivity contribution in [2.45, 2.75) is 32.9 Å². The molecule has 124 valence electrons. The zero-order valence-electron chi connectivity index (χ0n) is 13.8. The Morgan fingerprint density at radius 1 is 1.30 bits per heavy atom. The van der Waals surface area contributed by atoms with Crippen molar-refractivity contribution < 1.29 is 14.4 Å². The highest BCUT2D eigenvalue weighted by atomic mass is 16.5. The van der Waals surface area contributed by atoms with E-state index in [9.17, 15) is 5.11 Å². The highest BCUT2D eigenvalue weighted by Gasteiger charge is 2.07. The van der Waals surface area contributed by atoms with Crippen LogP contribution in [0.1, 0.15) is 30.9 Å². The van der Waals surface area contributed by atoms with Gasteiger partial charge in [-0.2, -0.15) is 0 Å². The van der Waals surface area contributed by atoms with Gasteiger partial charge in [-0.3, -0.25) is 0 Å². The van der Waals surface area contributed by atoms with E-state index in [1.54, 1.807) is 0 Å². The maximum Gasteiger partial charge on any atom is 0.159 e. The second-order valence-corrected chi connectivity index (χ2v) is 5.77. The SMILES string of the molecule is Cc1cc(C=Cc2ccccc2OCC(O)CNC(C)C)on1. The molecule has 0 amide bonds. The largest absolute Gasteiger partial charge is 0.490 e. The van der Waals surface area contributed by atoms with Crippen molar-refractivity contribution in [2.24, 2.45) is 0 Å². The van der Waals surface area contributed by atoms with Crippen LogP contribution < -0.4 is 10.1 Å². The van der Waals surface area contributed by atoms with Gasteiger partial charge >= 0.3 is 0 Å². The van der Waals surface area contributed by atoms with Gasteiger partial charge in [-0.05, 0) is 25.1 Å². The maximum absolute atomic E-state index is 9.93. The first-order valence-electron chi connectivity index (χ1n) is 7.79. The molecule has 2 rings (SSSR count). The molecule has 2 aromatic rings. The number of ether oxygens (including phenoxy) is 1. The van der Waals surface area contributed by atoms with Crippen molar-refractivity contribution in [3.05, 3.63) is 47.3 Å². The van der Waals surface area contributed by atoms with Crippen molar-refractivity contribution in [2.75, 3.05) is 13.2 Å². The molecule has 0 radical (unpaired) electrons. The van der Waals surface area contributed by atoms with Crippen LogP contribution in [0, 0.1) is 6.92 Å². The Balaban J connectivity index is 1.96. The number of para-hydroxylation sites is 1. The van der Waals surface area contributed by atoms with Crippen molar-refractivity contribution in [3.63, 3.8) is 0 Å². The Bertz CT molecular complexity index is 635. The Hall–Kier alpha value is -2.11. The van der Waals surface area contributed by atoms with Crippen LogP contribution in [0.25, 0.3) is 12.2 Å². The van der Waals surface area contributed by atoms with Crippen molar-refractivity contribution in [1.29, 1.82) is 0 Å². The molecule has 5 heteroatoms. The molecule has 1 atom stereocenters. The molecular weight excluding hydrogens is 292 g/mol. The summed E-state index contributed by atoms with van der Waals surface area (Å²) in [6.45, 7) is 6.71. The zero-order chi connectivity index (χ0) is 16.7. The number of hydrogen-bond donors (Lipinski definition) is 2. The van der Waals surface area contributed by atoms with Gasteiger partial charge in [-0.1, -0.05) is 37.2 Å². The van der Waals surface area contributed by atoms with Gasteiger partial charge < -0.3 is 19.7 Å². The van der Waals surface area contributed by atoms with E-state index in [0.29, 0.717) is 18.3 Å². The molecule has 0 aliphatic rings. The van der Waals surface area contributed by atoms with Gasteiger partial charge in [0, 0.05) is 24.2 Å². The molecule has 1 aromatic carbocycles. The number of nitrogens with one attached hydrogen (secondary N) is 1. The Morgan fingerprint density at radius 2 is 2.09 bits per heavy atom. The summed E-state index contributed by atoms with van der Waals surface area (Å²) in [5, 5.41) is 17.0. The standard InChI is InChI=1S/C18H24N2O3/c1-13(2)19-11-16(21)12-22-18-7-5-4-6-15(18)8-9-17-10-14(3)20-23-17/h4-10,13,16,19,21H,11-12H2,1-3H3. The molecule has 0 fully saturated rings. The first-order chi connectivity index (χ1) is 11.0. The number of rotatable bonds is 8. The maximum atomic E-state index is 9.93. The fourth-order valence-electron chi connectivity index (χ4n) is 2.00. The highest BCUT2D eigenvalue weighted by molar-refractivity contribution is 5.70. The van der Waals surface area contributed by atoms with Crippen LogP contribution >= 0.6 is 0 Å². The molecule has 0 bridgehead atoms. The Morgan fingerprint density at radius 3 is 2.78 bits per heavy atom. The van der Waals surface area contributed by atoms with E-state index in [-0.39, 0.29) is 6.61 Å². The van der Waals surface area contributed by atoms with E-state index >= 15 is 0 Å². The van der Waals surface area contributed by atoms with E-state index in [4.69, 9.17) is 9.26 Å². The number of aliphatic hydroxyl groups excluding tert-OH is 1. The van der Waals surface area contributed by atoms with Crippen LogP contribution in [0.15, 0.2) is 34.9 Å². The number of hydrogen-bond acceptors (Lipinski definition) is 5. The average Bonchev–Trinajstić information content (AvgIpc) is 2.95. The topological polar surface area (TPSA) is 67.5 Å². The minimum absolute atomic E-state index is 0.242. The molecule has 1 heterocycles. The lowest BCUT2D eigenvalue weighted by Gasteiger charge is -2.16. The van der Waals surface area contributed by atoms with Crippen LogP contribution in [-0.2, 0) is 0 Å². The molecular formula is C18H24N2O3. The summed E-state index contributed by atoms with van der Waals surface area (Å²) in [7, 11) is 0. The molecule has 1 unspecified atom stereocenters. The van der Waals surface area contributed by atoms with Crippen molar-refractivity contribution >= 4 is 12.2 Å². The molecule has 0 aliphatic carbocycles. The zero-order valence-corrected chi connectivity index (χ0v) is 13.8. The predicted molar refractivity (Wildman–Crippen MR) is 91.3 cm³/mol. The lowest BCUT2D eigenvalue weighted by atomic mass is 10.1. The van der Waals surface area contributed by atoms with Crippen LogP contribution in [0.4, 0.5) is 0 Å². The molecule has 1 aromatic heterocycles. The minimum atomic E-state index is -0.550. The number of benzene rings is 1. The normalized spacial score (nSPS) is 12.9. The first-order valence-corrected chi connectivity index (χ1v) is 7.79. The highest BCUT2D eigenvalue weighted by Crippen LogP contribution is 2.21. The summed E-state index contributed by atoms with van der Waals surface area (Å²) in [6.07, 6.45) is 3.21. The predicted octanol–water partition coefficient (Wildman–Crippen LogP) is 2.89. The van der Waals surface area contributed by atoms with Crippen LogP contribution in [0.2, 0.25) is 0 Å². The van der Waals surface area contributed by atoms with Gasteiger partial charge in [0.05, 0.1) is 5.69 Å². The summed E-state index contributed by atoms with van der Waals surface area (Å²) in [5.74, 6) is 1.42. The number of aliphatic hydroxyl groups is 1. The Labute approximate surface area is 137 Å². The summed E-state index contributed by atoms with van der Waals surface area (Å²) in [5.41, 5.74) is 1.76. The fraction of sp³-hybridized carbons (Fsp3) is 0.389. The van der Waals surface area contributed by atoms with E-state index in [1.165, 1.54) is 0 Å². The second kappa shape index (κ2) is 8.50. The number of nitrogens with zero attached hydrogens (tertiary/aromatic N) is 1. The summed E-state index contributed by atoms with van der Waals surface area (Å²) in [4.78, 5) is 0. The first kappa shape index (κ1) is 17.2. The molecule has 0 saturated heterocycles. The van der Waals surface area contributed by atoms with Crippen molar-refractivity contribution in [1.82, 2.24) is 10.5 Å². The molecule has 0 spiro atoms. The van der Waals surface area contributed by atoms with Crippen LogP contribution in [0.5, 0.6) is 5.75 Å². The lowest BCUT2D eigenvalue weighted by Crippen LogP contribution is -2.35. The van der Waals surface area contributed by atoms with E-state index in [0.717, 1.165) is 17.0 Å². The third-order valence-corrected chi connectivity index (χ3v) is 3.19. The molecule has 0 saturated carbocycles. The van der Waals surface area contributed by atoms with E-state index < -0.39 is 6.10 Å². The molecule has 5 nitrogen and oxygen atoms in total. The quantitative estimate of drug-likeness (QED) is 0.784. The third kappa shape index (κ3) is 5.88. The van der Waals surface area contributed by atoms with Crippen molar-refractivity contribution in [3.8, 4) is 5.75 Å². The average molecular weight is 316 g/mol. The summed E-state index contributed by atoms with van der Waals surface area (Å²) >= 11 is 0. The monoisotopic (exact) mass is 316 g/mol. The minimum Gasteiger partial charge on any atom is -0.490 e.